The largest absolute Gasteiger partial charge is 0.378 e. The van der Waals surface area contributed by atoms with E-state index in [9.17, 15) is 20.2 Å². The van der Waals surface area contributed by atoms with Crippen molar-refractivity contribution in [2.24, 2.45) is 0 Å². The van der Waals surface area contributed by atoms with E-state index in [4.69, 9.17) is 4.74 Å². The summed E-state index contributed by atoms with van der Waals surface area (Å²) in [5.74, 6) is -0.366. The molecule has 0 radical (unpaired) electrons. The zero-order valence-corrected chi connectivity index (χ0v) is 14.4. The molecule has 0 aliphatic carbocycles. The number of hydrogen-bond acceptors (Lipinski definition) is 6. The maximum atomic E-state index is 12.6. The van der Waals surface area contributed by atoms with Crippen molar-refractivity contribution in [3.63, 3.8) is 0 Å². The van der Waals surface area contributed by atoms with Crippen LogP contribution in [0.25, 0.3) is 6.08 Å². The summed E-state index contributed by atoms with van der Waals surface area (Å²) in [6.07, 6.45) is 3.58. The third-order valence-corrected chi connectivity index (χ3v) is 4.62. The van der Waals surface area contributed by atoms with Crippen molar-refractivity contribution in [1.82, 2.24) is 4.90 Å². The van der Waals surface area contributed by atoms with E-state index in [1.165, 1.54) is 18.2 Å². The molecule has 2 saturated heterocycles. The Hall–Kier alpha value is -2.92. The summed E-state index contributed by atoms with van der Waals surface area (Å²) in [5.41, 5.74) is 1.26. The Labute approximate surface area is 151 Å². The first-order chi connectivity index (χ1) is 12.6. The Morgan fingerprint density at radius 3 is 2.54 bits per heavy atom. The lowest BCUT2D eigenvalue weighted by molar-refractivity contribution is -0.384. The molecule has 1 aromatic carbocycles. The second kappa shape index (κ2) is 7.97. The minimum absolute atomic E-state index is 0.0205. The van der Waals surface area contributed by atoms with Crippen molar-refractivity contribution in [2.45, 2.75) is 12.8 Å². The van der Waals surface area contributed by atoms with Gasteiger partial charge in [-0.25, -0.2) is 0 Å². The molecule has 0 bridgehead atoms. The molecule has 1 amide bonds. The number of anilines is 1. The summed E-state index contributed by atoms with van der Waals surface area (Å²) < 4.78 is 5.23. The lowest BCUT2D eigenvalue weighted by atomic mass is 10.1. The fourth-order valence-electron chi connectivity index (χ4n) is 3.25. The van der Waals surface area contributed by atoms with E-state index < -0.39 is 4.92 Å². The Kier molecular flexibility index (Phi) is 5.49. The number of ether oxygens (including phenoxy) is 1. The van der Waals surface area contributed by atoms with Gasteiger partial charge in [0.25, 0.3) is 11.6 Å². The molecule has 8 nitrogen and oxygen atoms in total. The van der Waals surface area contributed by atoms with Crippen LogP contribution >= 0.6 is 0 Å². The summed E-state index contributed by atoms with van der Waals surface area (Å²) in [6, 6.07) is 6.54. The molecule has 3 rings (SSSR count). The number of rotatable bonds is 4. The number of non-ortho nitro benzene ring substituents is 1. The smallest absolute Gasteiger partial charge is 0.270 e. The standard InChI is InChI=1S/C18H20N4O4/c19-13-15(18(23)21-7-9-26-10-8-21)11-14-12-16(22(24)25)3-4-17(14)20-5-1-2-6-20/h3-4,11-12H,1-2,5-10H2/b15-11+. The van der Waals surface area contributed by atoms with Gasteiger partial charge < -0.3 is 14.5 Å². The van der Waals surface area contributed by atoms with Gasteiger partial charge in [0.15, 0.2) is 0 Å². The normalized spacial score (nSPS) is 17.9. The van der Waals surface area contributed by atoms with Crippen molar-refractivity contribution in [3.8, 4) is 6.07 Å². The number of hydrogen-bond donors (Lipinski definition) is 0. The van der Waals surface area contributed by atoms with Gasteiger partial charge in [-0.15, -0.1) is 0 Å². The van der Waals surface area contributed by atoms with Crippen LogP contribution in [0.1, 0.15) is 18.4 Å². The summed E-state index contributed by atoms with van der Waals surface area (Å²) >= 11 is 0. The highest BCUT2D eigenvalue weighted by atomic mass is 16.6. The molecule has 1 aromatic rings. The number of morpholine rings is 1. The average molecular weight is 356 g/mol. The number of nitriles is 1. The van der Waals surface area contributed by atoms with Gasteiger partial charge >= 0.3 is 0 Å². The van der Waals surface area contributed by atoms with Crippen molar-refractivity contribution in [3.05, 3.63) is 39.4 Å². The topological polar surface area (TPSA) is 99.7 Å². The summed E-state index contributed by atoms with van der Waals surface area (Å²) in [5, 5.41) is 20.6. The highest BCUT2D eigenvalue weighted by molar-refractivity contribution is 6.02. The first-order valence-electron chi connectivity index (χ1n) is 8.62. The Morgan fingerprint density at radius 1 is 1.23 bits per heavy atom. The van der Waals surface area contributed by atoms with Crippen LogP contribution in [-0.4, -0.2) is 55.1 Å². The van der Waals surface area contributed by atoms with Crippen LogP contribution in [0.3, 0.4) is 0 Å². The van der Waals surface area contributed by atoms with Gasteiger partial charge in [-0.3, -0.25) is 14.9 Å². The van der Waals surface area contributed by atoms with Gasteiger partial charge in [-0.2, -0.15) is 5.26 Å². The highest BCUT2D eigenvalue weighted by Gasteiger charge is 2.23. The quantitative estimate of drug-likeness (QED) is 0.354. The molecule has 26 heavy (non-hydrogen) atoms. The highest BCUT2D eigenvalue weighted by Crippen LogP contribution is 2.30. The van der Waals surface area contributed by atoms with Crippen LogP contribution in [0.2, 0.25) is 0 Å². The molecule has 136 valence electrons. The third kappa shape index (κ3) is 3.83. The predicted molar refractivity (Wildman–Crippen MR) is 95.5 cm³/mol. The van der Waals surface area contributed by atoms with E-state index in [1.807, 2.05) is 6.07 Å². The van der Waals surface area contributed by atoms with E-state index in [0.717, 1.165) is 31.6 Å². The average Bonchev–Trinajstić information content (AvgIpc) is 3.20. The van der Waals surface area contributed by atoms with E-state index in [1.54, 1.807) is 11.0 Å². The van der Waals surface area contributed by atoms with Crippen molar-refractivity contribution in [2.75, 3.05) is 44.3 Å². The molecule has 0 spiro atoms. The molecular formula is C18H20N4O4. The Morgan fingerprint density at radius 2 is 1.92 bits per heavy atom. The monoisotopic (exact) mass is 356 g/mol. The Bertz CT molecular complexity index is 772. The van der Waals surface area contributed by atoms with Crippen molar-refractivity contribution < 1.29 is 14.5 Å². The molecule has 0 aromatic heterocycles. The number of nitrogens with zero attached hydrogens (tertiary/aromatic N) is 4. The first-order valence-corrected chi connectivity index (χ1v) is 8.62. The van der Waals surface area contributed by atoms with E-state index in [0.29, 0.717) is 31.9 Å². The third-order valence-electron chi connectivity index (χ3n) is 4.62. The molecule has 0 N–H and O–H groups in total. The van der Waals surface area contributed by atoms with Crippen LogP contribution in [0.15, 0.2) is 23.8 Å². The molecular weight excluding hydrogens is 336 g/mol. The molecule has 2 aliphatic rings. The molecule has 0 unspecified atom stereocenters. The van der Waals surface area contributed by atoms with E-state index in [2.05, 4.69) is 4.90 Å². The number of carbonyl (C=O) groups excluding carboxylic acids is 1. The number of amides is 1. The number of benzene rings is 1. The van der Waals surface area contributed by atoms with E-state index in [-0.39, 0.29) is 17.2 Å². The zero-order valence-electron chi connectivity index (χ0n) is 14.4. The van der Waals surface area contributed by atoms with Crippen molar-refractivity contribution >= 4 is 23.4 Å². The lowest BCUT2D eigenvalue weighted by Gasteiger charge is -2.26. The Balaban J connectivity index is 1.97. The minimum atomic E-state index is -0.471. The first kappa shape index (κ1) is 17.9. The van der Waals surface area contributed by atoms with E-state index >= 15 is 0 Å². The van der Waals surface area contributed by atoms with Crippen LogP contribution in [0.5, 0.6) is 0 Å². The maximum Gasteiger partial charge on any atom is 0.270 e. The van der Waals surface area contributed by atoms with Crippen LogP contribution in [0, 0.1) is 21.4 Å². The summed E-state index contributed by atoms with van der Waals surface area (Å²) in [4.78, 5) is 27.0. The van der Waals surface area contributed by atoms with Gasteiger partial charge in [0.1, 0.15) is 11.6 Å². The molecule has 0 atom stereocenters. The van der Waals surface area contributed by atoms with Gasteiger partial charge in [-0.05, 0) is 25.0 Å². The minimum Gasteiger partial charge on any atom is -0.378 e. The SMILES string of the molecule is N#C/C(=C\c1cc([N+](=O)[O-])ccc1N1CCCC1)C(=O)N1CCOCC1. The fraction of sp³-hybridized carbons (Fsp3) is 0.444. The van der Waals surface area contributed by atoms with Gasteiger partial charge in [0.05, 0.1) is 18.1 Å². The molecule has 2 fully saturated rings. The zero-order chi connectivity index (χ0) is 18.5. The van der Waals surface area contributed by atoms with Crippen LogP contribution in [0.4, 0.5) is 11.4 Å². The summed E-state index contributed by atoms with van der Waals surface area (Å²) in [7, 11) is 0. The maximum absolute atomic E-state index is 12.6. The van der Waals surface area contributed by atoms with Crippen LogP contribution in [-0.2, 0) is 9.53 Å². The van der Waals surface area contributed by atoms with Gasteiger partial charge in [0.2, 0.25) is 0 Å². The molecule has 2 aliphatic heterocycles. The van der Waals surface area contributed by atoms with Gasteiger partial charge in [0, 0.05) is 49.6 Å². The number of nitro benzene ring substituents is 1. The summed E-state index contributed by atoms with van der Waals surface area (Å²) in [6.45, 7) is 3.48. The molecule has 2 heterocycles. The molecule has 8 heteroatoms. The number of nitro groups is 1. The van der Waals surface area contributed by atoms with Gasteiger partial charge in [-0.1, -0.05) is 0 Å². The molecule has 0 saturated carbocycles. The fourth-order valence-corrected chi connectivity index (χ4v) is 3.25. The second-order valence-electron chi connectivity index (χ2n) is 6.27. The van der Waals surface area contributed by atoms with Crippen molar-refractivity contribution in [1.29, 1.82) is 5.26 Å². The second-order valence-corrected chi connectivity index (χ2v) is 6.27. The lowest BCUT2D eigenvalue weighted by Crippen LogP contribution is -2.41. The van der Waals surface area contributed by atoms with Crippen LogP contribution < -0.4 is 4.90 Å². The number of carbonyl (C=O) groups is 1. The predicted octanol–water partition coefficient (Wildman–Crippen LogP) is 1.96.